The molecule has 0 radical (unpaired) electrons. The second-order valence-electron chi connectivity index (χ2n) is 3.96. The minimum absolute atomic E-state index is 0.00327. The number of nitrogen functional groups attached to an aromatic ring is 1. The smallest absolute Gasteiger partial charge is 0.230 e. The van der Waals surface area contributed by atoms with E-state index in [0.29, 0.717) is 21.2 Å². The summed E-state index contributed by atoms with van der Waals surface area (Å²) in [5, 5.41) is 6.41. The van der Waals surface area contributed by atoms with Gasteiger partial charge in [0.25, 0.3) is 0 Å². The van der Waals surface area contributed by atoms with Gasteiger partial charge in [0.05, 0.1) is 20.5 Å². The summed E-state index contributed by atoms with van der Waals surface area (Å²) in [7, 11) is 0. The molecule has 3 aromatic rings. The van der Waals surface area contributed by atoms with Gasteiger partial charge >= 0.3 is 0 Å². The molecule has 0 aliphatic carbocycles. The number of nitrogens with two attached hydrogens (primary N) is 1. The van der Waals surface area contributed by atoms with Gasteiger partial charge in [-0.05, 0) is 23.6 Å². The van der Waals surface area contributed by atoms with Gasteiger partial charge in [-0.3, -0.25) is 0 Å². The first-order valence-electron chi connectivity index (χ1n) is 5.52. The van der Waals surface area contributed by atoms with Crippen molar-refractivity contribution in [3.8, 4) is 21.7 Å². The molecule has 1 aromatic carbocycles. The predicted molar refractivity (Wildman–Crippen MR) is 79.6 cm³/mol. The largest absolute Gasteiger partial charge is 0.367 e. The summed E-state index contributed by atoms with van der Waals surface area (Å²) in [5.74, 6) is -0.502. The van der Waals surface area contributed by atoms with Crippen LogP contribution >= 0.6 is 34.5 Å². The van der Waals surface area contributed by atoms with Crippen LogP contribution in [0.4, 0.5) is 10.3 Å². The molecule has 2 heterocycles. The minimum Gasteiger partial charge on any atom is -0.367 e. The second kappa shape index (κ2) is 5.09. The molecule has 0 bridgehead atoms. The van der Waals surface area contributed by atoms with Gasteiger partial charge in [0, 0.05) is 5.56 Å². The van der Waals surface area contributed by atoms with Crippen LogP contribution < -0.4 is 5.73 Å². The summed E-state index contributed by atoms with van der Waals surface area (Å²) in [6.45, 7) is 0. The number of hydrogen-bond donors (Lipinski definition) is 1. The van der Waals surface area contributed by atoms with E-state index in [1.54, 1.807) is 17.5 Å². The molecule has 0 saturated heterocycles. The van der Waals surface area contributed by atoms with Gasteiger partial charge in [0.2, 0.25) is 5.88 Å². The van der Waals surface area contributed by atoms with Crippen molar-refractivity contribution < 1.29 is 8.91 Å². The fourth-order valence-electron chi connectivity index (χ4n) is 1.90. The third-order valence-corrected chi connectivity index (χ3v) is 4.43. The van der Waals surface area contributed by atoms with Crippen LogP contribution in [0.25, 0.3) is 21.7 Å². The molecule has 102 valence electrons. The lowest BCUT2D eigenvalue weighted by molar-refractivity contribution is 0.439. The zero-order valence-corrected chi connectivity index (χ0v) is 12.2. The van der Waals surface area contributed by atoms with E-state index in [4.69, 9.17) is 33.5 Å². The first-order chi connectivity index (χ1) is 9.59. The van der Waals surface area contributed by atoms with E-state index in [-0.39, 0.29) is 16.5 Å². The van der Waals surface area contributed by atoms with Crippen molar-refractivity contribution in [1.82, 2.24) is 5.16 Å². The van der Waals surface area contributed by atoms with Crippen molar-refractivity contribution in [3.05, 3.63) is 45.5 Å². The molecule has 0 fully saturated rings. The Morgan fingerprint density at radius 2 is 1.95 bits per heavy atom. The summed E-state index contributed by atoms with van der Waals surface area (Å²) in [4.78, 5) is 0.654. The number of rotatable bonds is 2. The first kappa shape index (κ1) is 13.4. The van der Waals surface area contributed by atoms with Gasteiger partial charge < -0.3 is 10.3 Å². The van der Waals surface area contributed by atoms with Crippen LogP contribution in [0.15, 0.2) is 34.2 Å². The van der Waals surface area contributed by atoms with Gasteiger partial charge in [-0.1, -0.05) is 34.4 Å². The monoisotopic (exact) mass is 328 g/mol. The molecule has 0 amide bonds. The van der Waals surface area contributed by atoms with Crippen molar-refractivity contribution in [1.29, 1.82) is 0 Å². The highest BCUT2D eigenvalue weighted by Gasteiger charge is 2.24. The number of aromatic nitrogens is 1. The lowest BCUT2D eigenvalue weighted by Gasteiger charge is -2.05. The molecule has 0 unspecified atom stereocenters. The third-order valence-electron chi connectivity index (χ3n) is 2.76. The molecular weight excluding hydrogens is 322 g/mol. The van der Waals surface area contributed by atoms with E-state index < -0.39 is 5.82 Å². The van der Waals surface area contributed by atoms with Crippen LogP contribution in [0.3, 0.4) is 0 Å². The van der Waals surface area contributed by atoms with Crippen LogP contribution in [-0.4, -0.2) is 5.16 Å². The zero-order valence-electron chi connectivity index (χ0n) is 9.86. The van der Waals surface area contributed by atoms with Crippen LogP contribution in [0.1, 0.15) is 0 Å². The summed E-state index contributed by atoms with van der Waals surface area (Å²) >= 11 is 13.5. The number of anilines is 1. The van der Waals surface area contributed by atoms with Crippen LogP contribution in [0.2, 0.25) is 10.0 Å². The molecule has 2 N–H and O–H groups in total. The van der Waals surface area contributed by atoms with Crippen LogP contribution in [0, 0.1) is 5.82 Å². The molecule has 3 nitrogen and oxygen atoms in total. The maximum absolute atomic E-state index is 14.1. The molecule has 0 saturated carbocycles. The molecule has 7 heteroatoms. The number of benzene rings is 1. The molecule has 0 aliphatic heterocycles. The van der Waals surface area contributed by atoms with E-state index in [1.807, 2.05) is 0 Å². The second-order valence-corrected chi connectivity index (χ2v) is 5.70. The van der Waals surface area contributed by atoms with Gasteiger partial charge in [0.1, 0.15) is 11.5 Å². The summed E-state index contributed by atoms with van der Waals surface area (Å²) < 4.78 is 19.1. The normalized spacial score (nSPS) is 10.9. The molecule has 0 atom stereocenters. The van der Waals surface area contributed by atoms with E-state index in [2.05, 4.69) is 5.16 Å². The SMILES string of the molecule is Nc1onc(-c2sccc2Cl)c1-c1c(F)cccc1Cl. The quantitative estimate of drug-likeness (QED) is 0.712. The highest BCUT2D eigenvalue weighted by atomic mass is 35.5. The average molecular weight is 329 g/mol. The van der Waals surface area contributed by atoms with Crippen LogP contribution in [-0.2, 0) is 0 Å². The molecule has 20 heavy (non-hydrogen) atoms. The summed E-state index contributed by atoms with van der Waals surface area (Å²) in [6.07, 6.45) is 0. The summed E-state index contributed by atoms with van der Waals surface area (Å²) in [6, 6.07) is 6.11. The lowest BCUT2D eigenvalue weighted by Crippen LogP contribution is -1.91. The van der Waals surface area contributed by atoms with E-state index in [1.165, 1.54) is 23.5 Å². The maximum Gasteiger partial charge on any atom is 0.230 e. The first-order valence-corrected chi connectivity index (χ1v) is 7.16. The number of nitrogens with zero attached hydrogens (tertiary/aromatic N) is 1. The fourth-order valence-corrected chi connectivity index (χ4v) is 3.29. The van der Waals surface area contributed by atoms with Crippen molar-refractivity contribution in [2.24, 2.45) is 0 Å². The molecule has 0 aliphatic rings. The molecule has 2 aromatic heterocycles. The molecule has 3 rings (SSSR count). The Morgan fingerprint density at radius 1 is 1.15 bits per heavy atom. The van der Waals surface area contributed by atoms with E-state index in [9.17, 15) is 4.39 Å². The van der Waals surface area contributed by atoms with Crippen molar-refractivity contribution in [2.75, 3.05) is 5.73 Å². The number of halogens is 3. The van der Waals surface area contributed by atoms with Crippen molar-refractivity contribution in [3.63, 3.8) is 0 Å². The topological polar surface area (TPSA) is 52.0 Å². The average Bonchev–Trinajstić information content (AvgIpc) is 2.97. The van der Waals surface area contributed by atoms with E-state index in [0.717, 1.165) is 0 Å². The molecular formula is C13H7Cl2FN2OS. The Balaban J connectivity index is 2.31. The highest BCUT2D eigenvalue weighted by molar-refractivity contribution is 7.14. The minimum atomic E-state index is -0.499. The van der Waals surface area contributed by atoms with Crippen molar-refractivity contribution in [2.45, 2.75) is 0 Å². The molecule has 0 spiro atoms. The van der Waals surface area contributed by atoms with Gasteiger partial charge in [-0.25, -0.2) is 4.39 Å². The zero-order chi connectivity index (χ0) is 14.3. The van der Waals surface area contributed by atoms with Crippen molar-refractivity contribution >= 4 is 40.4 Å². The Kier molecular flexibility index (Phi) is 3.41. The number of thiophene rings is 1. The Labute approximate surface area is 127 Å². The van der Waals surface area contributed by atoms with Gasteiger partial charge in [0.15, 0.2) is 0 Å². The Hall–Kier alpha value is -1.56. The fraction of sp³-hybridized carbons (Fsp3) is 0. The van der Waals surface area contributed by atoms with E-state index >= 15 is 0 Å². The maximum atomic E-state index is 14.1. The number of hydrogen-bond acceptors (Lipinski definition) is 4. The predicted octanol–water partition coefficient (Wildman–Crippen LogP) is 5.10. The third kappa shape index (κ3) is 2.08. The van der Waals surface area contributed by atoms with Gasteiger partial charge in [-0.2, -0.15) is 0 Å². The standard InChI is InChI=1S/C13H7Cl2FN2OS/c14-6-2-1-3-8(16)9(6)10-11(18-19-13(10)17)12-7(15)4-5-20-12/h1-5H,17H2. The Morgan fingerprint density at radius 3 is 2.60 bits per heavy atom. The lowest BCUT2D eigenvalue weighted by atomic mass is 10.0. The van der Waals surface area contributed by atoms with Gasteiger partial charge in [-0.15, -0.1) is 11.3 Å². The Bertz CT molecular complexity index is 764. The highest BCUT2D eigenvalue weighted by Crippen LogP contribution is 2.44. The summed E-state index contributed by atoms with van der Waals surface area (Å²) in [5.41, 5.74) is 6.63. The van der Waals surface area contributed by atoms with Crippen LogP contribution in [0.5, 0.6) is 0 Å².